The number of halogens is 3. The minimum Gasteiger partial charge on any atom is -0.207 e. The number of terminal acetylenes is 1. The van der Waals surface area contributed by atoms with Gasteiger partial charge in [0.2, 0.25) is 10.0 Å². The number of nitrogens with one attached hydrogen (secondary N) is 1. The fourth-order valence-electron chi connectivity index (χ4n) is 1.50. The molecule has 0 spiro atoms. The first-order valence-corrected chi connectivity index (χ1v) is 7.72. The van der Waals surface area contributed by atoms with E-state index in [2.05, 4.69) is 26.6 Å². The van der Waals surface area contributed by atoms with Crippen LogP contribution in [-0.4, -0.2) is 14.5 Å². The minimum absolute atomic E-state index is 0.190. The van der Waals surface area contributed by atoms with Gasteiger partial charge in [-0.15, -0.1) is 6.42 Å². The highest BCUT2D eigenvalue weighted by atomic mass is 79.9. The number of hydrogen-bond acceptors (Lipinski definition) is 2. The fraction of sp³-hybridized carbons (Fsp3) is 0.333. The molecule has 104 valence electrons. The normalized spacial score (nSPS) is 13.0. The maximum atomic E-state index is 13.6. The Labute approximate surface area is 119 Å². The third kappa shape index (κ3) is 4.00. The van der Waals surface area contributed by atoms with E-state index in [-0.39, 0.29) is 4.47 Å². The van der Waals surface area contributed by atoms with E-state index in [1.54, 1.807) is 0 Å². The molecule has 7 heteroatoms. The molecular weight excluding hydrogens is 340 g/mol. The van der Waals surface area contributed by atoms with Crippen molar-refractivity contribution >= 4 is 26.0 Å². The lowest BCUT2D eigenvalue weighted by molar-refractivity contribution is 0.534. The Kier molecular flexibility index (Phi) is 5.47. The second-order valence-corrected chi connectivity index (χ2v) is 6.33. The molecule has 0 saturated heterocycles. The third-order valence-corrected chi connectivity index (χ3v) is 4.74. The molecule has 1 N–H and O–H groups in total. The number of hydrogen-bond donors (Lipinski definition) is 1. The minimum atomic E-state index is -4.15. The molecule has 0 bridgehead atoms. The topological polar surface area (TPSA) is 46.2 Å². The van der Waals surface area contributed by atoms with Crippen molar-refractivity contribution in [1.82, 2.24) is 4.72 Å². The highest BCUT2D eigenvalue weighted by Gasteiger charge is 2.25. The van der Waals surface area contributed by atoms with Gasteiger partial charge in [-0.05, 0) is 28.4 Å². The van der Waals surface area contributed by atoms with Gasteiger partial charge >= 0.3 is 0 Å². The van der Waals surface area contributed by atoms with Gasteiger partial charge in [0.05, 0.1) is 6.04 Å². The summed E-state index contributed by atoms with van der Waals surface area (Å²) in [7, 11) is -4.15. The molecule has 0 aromatic heterocycles. The van der Waals surface area contributed by atoms with Crippen molar-refractivity contribution in [1.29, 1.82) is 0 Å². The maximum Gasteiger partial charge on any atom is 0.245 e. The van der Waals surface area contributed by atoms with Gasteiger partial charge in [-0.3, -0.25) is 0 Å². The van der Waals surface area contributed by atoms with Crippen LogP contribution in [0.2, 0.25) is 0 Å². The maximum absolute atomic E-state index is 13.6. The van der Waals surface area contributed by atoms with E-state index in [0.717, 1.165) is 6.07 Å². The van der Waals surface area contributed by atoms with Crippen LogP contribution < -0.4 is 4.72 Å². The molecule has 1 aromatic rings. The molecule has 0 aliphatic carbocycles. The van der Waals surface area contributed by atoms with Gasteiger partial charge in [-0.1, -0.05) is 19.3 Å². The number of sulfonamides is 1. The lowest BCUT2D eigenvalue weighted by Crippen LogP contribution is -2.34. The Bertz CT molecular complexity index is 588. The van der Waals surface area contributed by atoms with Crippen LogP contribution in [0.5, 0.6) is 0 Å². The van der Waals surface area contributed by atoms with E-state index in [4.69, 9.17) is 6.42 Å². The molecule has 0 aliphatic rings. The lowest BCUT2D eigenvalue weighted by Gasteiger charge is -2.14. The quantitative estimate of drug-likeness (QED) is 0.829. The van der Waals surface area contributed by atoms with Crippen molar-refractivity contribution in [2.75, 3.05) is 0 Å². The van der Waals surface area contributed by atoms with Crippen LogP contribution in [0, 0.1) is 24.0 Å². The summed E-state index contributed by atoms with van der Waals surface area (Å²) in [5.74, 6) is 0.233. The second kappa shape index (κ2) is 6.46. The van der Waals surface area contributed by atoms with Crippen molar-refractivity contribution in [3.8, 4) is 12.3 Å². The van der Waals surface area contributed by atoms with E-state index in [1.807, 2.05) is 6.92 Å². The van der Waals surface area contributed by atoms with E-state index in [0.29, 0.717) is 18.9 Å². The summed E-state index contributed by atoms with van der Waals surface area (Å²) in [6.45, 7) is 1.84. The van der Waals surface area contributed by atoms with E-state index in [9.17, 15) is 17.2 Å². The fourth-order valence-corrected chi connectivity index (χ4v) is 3.85. The first-order valence-electron chi connectivity index (χ1n) is 5.44. The average molecular weight is 352 g/mol. The van der Waals surface area contributed by atoms with Crippen molar-refractivity contribution in [2.24, 2.45) is 0 Å². The van der Waals surface area contributed by atoms with Crippen molar-refractivity contribution in [3.63, 3.8) is 0 Å². The van der Waals surface area contributed by atoms with Gasteiger partial charge in [0, 0.05) is 10.5 Å². The zero-order valence-electron chi connectivity index (χ0n) is 10.1. The van der Waals surface area contributed by atoms with Crippen LogP contribution in [0.15, 0.2) is 21.5 Å². The Morgan fingerprint density at radius 3 is 2.58 bits per heavy atom. The Hall–Kier alpha value is -0.970. The summed E-state index contributed by atoms with van der Waals surface area (Å²) in [6.07, 6.45) is 6.30. The summed E-state index contributed by atoms with van der Waals surface area (Å²) in [5, 5.41) is 0. The molecule has 1 atom stereocenters. The third-order valence-electron chi connectivity index (χ3n) is 2.31. The summed E-state index contributed by atoms with van der Waals surface area (Å²) in [4.78, 5) is -0.648. The SMILES string of the molecule is C#CC(CCC)NS(=O)(=O)c1c(F)cc(F)cc1Br. The average Bonchev–Trinajstić information content (AvgIpc) is 2.25. The Morgan fingerprint density at radius 1 is 1.47 bits per heavy atom. The van der Waals surface area contributed by atoms with E-state index < -0.39 is 32.6 Å². The molecule has 0 heterocycles. The molecule has 19 heavy (non-hydrogen) atoms. The molecule has 0 saturated carbocycles. The second-order valence-electron chi connectivity index (χ2n) is 3.83. The molecule has 0 radical (unpaired) electrons. The molecule has 0 aliphatic heterocycles. The van der Waals surface area contributed by atoms with E-state index >= 15 is 0 Å². The summed E-state index contributed by atoms with van der Waals surface area (Å²) < 4.78 is 52.6. The predicted octanol–water partition coefficient (Wildman–Crippen LogP) is 2.81. The highest BCUT2D eigenvalue weighted by molar-refractivity contribution is 9.10. The van der Waals surface area contributed by atoms with Gasteiger partial charge in [-0.25, -0.2) is 17.2 Å². The van der Waals surface area contributed by atoms with Crippen LogP contribution in [0.1, 0.15) is 19.8 Å². The van der Waals surface area contributed by atoms with Gasteiger partial charge < -0.3 is 0 Å². The van der Waals surface area contributed by atoms with Crippen LogP contribution in [0.3, 0.4) is 0 Å². The molecule has 1 aromatic carbocycles. The Balaban J connectivity index is 3.18. The van der Waals surface area contributed by atoms with Crippen molar-refractivity contribution < 1.29 is 17.2 Å². The van der Waals surface area contributed by atoms with E-state index in [1.165, 1.54) is 0 Å². The molecule has 3 nitrogen and oxygen atoms in total. The van der Waals surface area contributed by atoms with Crippen LogP contribution in [0.4, 0.5) is 8.78 Å². The molecule has 1 rings (SSSR count). The van der Waals surface area contributed by atoms with Gasteiger partial charge in [0.25, 0.3) is 0 Å². The first-order chi connectivity index (χ1) is 8.81. The Morgan fingerprint density at radius 2 is 2.11 bits per heavy atom. The molecule has 0 fully saturated rings. The molecular formula is C12H12BrF2NO2S. The highest BCUT2D eigenvalue weighted by Crippen LogP contribution is 2.26. The standard InChI is InChI=1S/C12H12BrF2NO2S/c1-3-5-9(4-2)16-19(17,18)12-10(13)6-8(14)7-11(12)15/h2,6-7,9,16H,3,5H2,1H3. The zero-order valence-corrected chi connectivity index (χ0v) is 12.5. The summed E-state index contributed by atoms with van der Waals surface area (Å²) >= 11 is 2.83. The van der Waals surface area contributed by atoms with Gasteiger partial charge in [-0.2, -0.15) is 4.72 Å². The smallest absolute Gasteiger partial charge is 0.207 e. The lowest BCUT2D eigenvalue weighted by atomic mass is 10.2. The largest absolute Gasteiger partial charge is 0.245 e. The van der Waals surface area contributed by atoms with Crippen molar-refractivity contribution in [2.45, 2.75) is 30.7 Å². The van der Waals surface area contributed by atoms with Crippen LogP contribution in [0.25, 0.3) is 0 Å². The summed E-state index contributed by atoms with van der Waals surface area (Å²) in [6, 6.07) is 0.651. The van der Waals surface area contributed by atoms with Gasteiger partial charge in [0.15, 0.2) is 0 Å². The zero-order chi connectivity index (χ0) is 14.6. The molecule has 0 amide bonds. The van der Waals surface area contributed by atoms with Crippen LogP contribution >= 0.6 is 15.9 Å². The van der Waals surface area contributed by atoms with Crippen molar-refractivity contribution in [3.05, 3.63) is 28.2 Å². The number of benzene rings is 1. The van der Waals surface area contributed by atoms with Gasteiger partial charge in [0.1, 0.15) is 16.5 Å². The predicted molar refractivity (Wildman–Crippen MR) is 71.9 cm³/mol. The van der Waals surface area contributed by atoms with Crippen LogP contribution in [-0.2, 0) is 10.0 Å². The summed E-state index contributed by atoms with van der Waals surface area (Å²) in [5.41, 5.74) is 0. The monoisotopic (exact) mass is 351 g/mol. The first kappa shape index (κ1) is 16.1. The number of rotatable bonds is 5. The molecule has 1 unspecified atom stereocenters.